The molecule has 0 aliphatic carbocycles. The van der Waals surface area contributed by atoms with Gasteiger partial charge in [-0.1, -0.05) is 12.1 Å². The largest absolute Gasteiger partial charge is 0.495 e. The Morgan fingerprint density at radius 2 is 2.15 bits per heavy atom. The van der Waals surface area contributed by atoms with E-state index < -0.39 is 0 Å². The molecule has 3 rings (SSSR count). The van der Waals surface area contributed by atoms with E-state index in [4.69, 9.17) is 19.5 Å². The minimum Gasteiger partial charge on any atom is -0.495 e. The van der Waals surface area contributed by atoms with E-state index in [0.29, 0.717) is 24.5 Å². The van der Waals surface area contributed by atoms with Crippen LogP contribution in [0, 0.1) is 11.3 Å². The zero-order valence-corrected chi connectivity index (χ0v) is 15.9. The summed E-state index contributed by atoms with van der Waals surface area (Å²) in [5, 5.41) is 8.52. The van der Waals surface area contributed by atoms with Crippen LogP contribution in [-0.4, -0.2) is 41.9 Å². The zero-order chi connectivity index (χ0) is 19.6. The molecule has 7 heteroatoms. The first-order valence-electron chi connectivity index (χ1n) is 8.88. The third-order valence-corrected chi connectivity index (χ3v) is 4.03. The van der Waals surface area contributed by atoms with Gasteiger partial charge in [-0.25, -0.2) is 9.78 Å². The number of fused-ring (bicyclic) bond motifs is 1. The van der Waals surface area contributed by atoms with E-state index in [0.717, 1.165) is 18.5 Å². The predicted octanol–water partition coefficient (Wildman–Crippen LogP) is 2.91. The van der Waals surface area contributed by atoms with E-state index in [2.05, 4.69) is 4.98 Å². The number of carbonyl (C=O) groups is 1. The van der Waals surface area contributed by atoms with E-state index in [-0.39, 0.29) is 18.1 Å². The number of methoxy groups -OCH3 is 1. The van der Waals surface area contributed by atoms with Crippen LogP contribution in [-0.2, 0) is 20.7 Å². The molecule has 7 nitrogen and oxygen atoms in total. The summed E-state index contributed by atoms with van der Waals surface area (Å²) in [6, 6.07) is 8.94. The highest BCUT2D eigenvalue weighted by atomic mass is 16.6. The van der Waals surface area contributed by atoms with Gasteiger partial charge in [0.1, 0.15) is 24.5 Å². The zero-order valence-electron chi connectivity index (χ0n) is 15.9. The summed E-state index contributed by atoms with van der Waals surface area (Å²) in [6.07, 6.45) is 5.36. The molecular weight excluding hydrogens is 346 g/mol. The third kappa shape index (κ3) is 5.83. The van der Waals surface area contributed by atoms with Crippen molar-refractivity contribution < 1.29 is 19.0 Å². The van der Waals surface area contributed by atoms with Gasteiger partial charge in [-0.3, -0.25) is 0 Å². The van der Waals surface area contributed by atoms with Gasteiger partial charge in [-0.2, -0.15) is 5.26 Å². The Morgan fingerprint density at radius 1 is 1.37 bits per heavy atom. The Balaban J connectivity index is 0.000000223. The highest BCUT2D eigenvalue weighted by Gasteiger charge is 2.29. The van der Waals surface area contributed by atoms with Crippen LogP contribution < -0.4 is 4.74 Å². The molecule has 2 heterocycles. The van der Waals surface area contributed by atoms with Crippen LogP contribution >= 0.6 is 0 Å². The fraction of sp³-hybridized carbons (Fsp3) is 0.450. The molecule has 1 unspecified atom stereocenters. The molecule has 27 heavy (non-hydrogen) atoms. The Bertz CT molecular complexity index is 780. The van der Waals surface area contributed by atoms with E-state index in [1.165, 1.54) is 0 Å². The van der Waals surface area contributed by atoms with Crippen molar-refractivity contribution in [1.29, 1.82) is 5.26 Å². The SMILES string of the molecule is CC(C)OCCOC(=O)C1CCc2cncn21.COc1ccccc1C#N. The fourth-order valence-electron chi connectivity index (χ4n) is 2.72. The number of rotatable bonds is 6. The number of nitriles is 1. The van der Waals surface area contributed by atoms with Crippen LogP contribution in [0.25, 0.3) is 0 Å². The normalized spacial score (nSPS) is 14.7. The van der Waals surface area contributed by atoms with Gasteiger partial charge in [0.15, 0.2) is 0 Å². The second-order valence-corrected chi connectivity index (χ2v) is 6.25. The Labute approximate surface area is 159 Å². The molecule has 0 saturated carbocycles. The third-order valence-electron chi connectivity index (χ3n) is 4.03. The summed E-state index contributed by atoms with van der Waals surface area (Å²) in [7, 11) is 1.55. The molecular formula is C20H25N3O4. The minimum absolute atomic E-state index is 0.167. The number of hydrogen-bond donors (Lipinski definition) is 0. The maximum absolute atomic E-state index is 11.8. The lowest BCUT2D eigenvalue weighted by Gasteiger charge is -2.13. The first-order valence-corrected chi connectivity index (χ1v) is 8.88. The molecule has 0 saturated heterocycles. The molecule has 1 aliphatic heterocycles. The van der Waals surface area contributed by atoms with Gasteiger partial charge < -0.3 is 18.8 Å². The highest BCUT2D eigenvalue weighted by Crippen LogP contribution is 2.26. The molecule has 1 aliphatic rings. The first kappa shape index (κ1) is 20.5. The van der Waals surface area contributed by atoms with Crippen LogP contribution in [0.2, 0.25) is 0 Å². The summed E-state index contributed by atoms with van der Waals surface area (Å²) in [5.41, 5.74) is 1.68. The molecule has 1 aromatic carbocycles. The molecule has 144 valence electrons. The van der Waals surface area contributed by atoms with Gasteiger partial charge in [-0.15, -0.1) is 0 Å². The first-order chi connectivity index (χ1) is 13.1. The van der Waals surface area contributed by atoms with Gasteiger partial charge in [0.2, 0.25) is 0 Å². The Morgan fingerprint density at radius 3 is 2.81 bits per heavy atom. The molecule has 1 atom stereocenters. The highest BCUT2D eigenvalue weighted by molar-refractivity contribution is 5.74. The van der Waals surface area contributed by atoms with Crippen LogP contribution in [0.1, 0.15) is 37.6 Å². The fourth-order valence-corrected chi connectivity index (χ4v) is 2.72. The van der Waals surface area contributed by atoms with Crippen molar-refractivity contribution in [2.45, 2.75) is 38.8 Å². The summed E-state index contributed by atoms with van der Waals surface area (Å²) >= 11 is 0. The minimum atomic E-state index is -0.202. The predicted molar refractivity (Wildman–Crippen MR) is 99.3 cm³/mol. The van der Waals surface area contributed by atoms with Gasteiger partial charge in [-0.05, 0) is 38.8 Å². The average Bonchev–Trinajstić information content (AvgIpc) is 3.29. The van der Waals surface area contributed by atoms with Crippen molar-refractivity contribution in [3.8, 4) is 11.8 Å². The van der Waals surface area contributed by atoms with Crippen molar-refractivity contribution in [2.24, 2.45) is 0 Å². The van der Waals surface area contributed by atoms with Gasteiger partial charge in [0.05, 0.1) is 31.7 Å². The van der Waals surface area contributed by atoms with Gasteiger partial charge in [0, 0.05) is 11.9 Å². The molecule has 0 amide bonds. The Hall–Kier alpha value is -2.85. The molecule has 0 spiro atoms. The topological polar surface area (TPSA) is 86.4 Å². The van der Waals surface area contributed by atoms with E-state index in [1.807, 2.05) is 30.6 Å². The number of imidazole rings is 1. The molecule has 0 bridgehead atoms. The lowest BCUT2D eigenvalue weighted by molar-refractivity contribution is -0.149. The number of aryl methyl sites for hydroxylation is 1. The Kier molecular flexibility index (Phi) is 7.83. The monoisotopic (exact) mass is 371 g/mol. The average molecular weight is 371 g/mol. The molecule has 2 aromatic rings. The number of nitrogens with zero attached hydrogens (tertiary/aromatic N) is 3. The van der Waals surface area contributed by atoms with Crippen molar-refractivity contribution in [3.05, 3.63) is 48.0 Å². The van der Waals surface area contributed by atoms with Crippen LogP contribution in [0.3, 0.4) is 0 Å². The van der Waals surface area contributed by atoms with Gasteiger partial charge >= 0.3 is 5.97 Å². The number of para-hydroxylation sites is 1. The second kappa shape index (κ2) is 10.3. The number of hydrogen-bond acceptors (Lipinski definition) is 6. The summed E-state index contributed by atoms with van der Waals surface area (Å²) in [6.45, 7) is 4.68. The van der Waals surface area contributed by atoms with Crippen LogP contribution in [0.4, 0.5) is 0 Å². The summed E-state index contributed by atoms with van der Waals surface area (Å²) < 4.78 is 17.3. The molecule has 0 radical (unpaired) electrons. The van der Waals surface area contributed by atoms with Gasteiger partial charge in [0.25, 0.3) is 0 Å². The quantitative estimate of drug-likeness (QED) is 0.573. The number of esters is 1. The smallest absolute Gasteiger partial charge is 0.329 e. The maximum atomic E-state index is 11.8. The lowest BCUT2D eigenvalue weighted by atomic mass is 10.2. The van der Waals surface area contributed by atoms with Crippen molar-refractivity contribution >= 4 is 5.97 Å². The van der Waals surface area contributed by atoms with Crippen molar-refractivity contribution in [1.82, 2.24) is 9.55 Å². The molecule has 0 N–H and O–H groups in total. The lowest BCUT2D eigenvalue weighted by Crippen LogP contribution is -2.21. The molecule has 0 fully saturated rings. The summed E-state index contributed by atoms with van der Waals surface area (Å²) in [5.74, 6) is 0.444. The number of ether oxygens (including phenoxy) is 3. The van der Waals surface area contributed by atoms with E-state index in [9.17, 15) is 4.79 Å². The van der Waals surface area contributed by atoms with Crippen LogP contribution in [0.5, 0.6) is 5.75 Å². The van der Waals surface area contributed by atoms with E-state index >= 15 is 0 Å². The maximum Gasteiger partial charge on any atom is 0.329 e. The van der Waals surface area contributed by atoms with Crippen molar-refractivity contribution in [2.75, 3.05) is 20.3 Å². The standard InChI is InChI=1S/C12H18N2O3.C8H7NO/c1-9(2)16-5-6-17-12(15)11-4-3-10-7-13-8-14(10)11;1-10-8-5-3-2-4-7(8)6-9/h7-9,11H,3-6H2,1-2H3;2-5H,1H3. The summed E-state index contributed by atoms with van der Waals surface area (Å²) in [4.78, 5) is 15.9. The number of aromatic nitrogens is 2. The second-order valence-electron chi connectivity index (χ2n) is 6.25. The van der Waals surface area contributed by atoms with Crippen molar-refractivity contribution in [3.63, 3.8) is 0 Å². The van der Waals surface area contributed by atoms with Crippen LogP contribution in [0.15, 0.2) is 36.8 Å². The number of carbonyl (C=O) groups excluding carboxylic acids is 1. The van der Waals surface area contributed by atoms with E-state index in [1.54, 1.807) is 37.8 Å². The molecule has 1 aromatic heterocycles. The number of benzene rings is 1.